The minimum Gasteiger partial charge on any atom is -0.467 e. The molecule has 0 spiro atoms. The third-order valence-electron chi connectivity index (χ3n) is 5.41. The lowest BCUT2D eigenvalue weighted by Gasteiger charge is -2.38. The van der Waals surface area contributed by atoms with Crippen LogP contribution in [0.25, 0.3) is 10.9 Å². The Bertz CT molecular complexity index is 1180. The number of benzene rings is 1. The number of anilines is 2. The number of aromatic nitrogens is 3. The second-order valence-corrected chi connectivity index (χ2v) is 8.00. The van der Waals surface area contributed by atoms with E-state index < -0.39 is 23.3 Å². The van der Waals surface area contributed by atoms with Gasteiger partial charge in [-0.1, -0.05) is 0 Å². The lowest BCUT2D eigenvalue weighted by atomic mass is 10.0. The number of hydrogen-bond acceptors (Lipinski definition) is 7. The summed E-state index contributed by atoms with van der Waals surface area (Å²) >= 11 is 0. The van der Waals surface area contributed by atoms with Crippen molar-refractivity contribution in [2.75, 3.05) is 30.4 Å². The number of alkyl halides is 3. The van der Waals surface area contributed by atoms with Crippen molar-refractivity contribution < 1.29 is 22.7 Å². The van der Waals surface area contributed by atoms with E-state index >= 15 is 0 Å². The number of pyridine rings is 1. The van der Waals surface area contributed by atoms with Crippen LogP contribution in [-0.4, -0.2) is 53.1 Å². The van der Waals surface area contributed by atoms with Crippen molar-refractivity contribution in [1.82, 2.24) is 20.3 Å². The quantitative estimate of drug-likeness (QED) is 0.616. The van der Waals surface area contributed by atoms with Crippen LogP contribution in [0.15, 0.2) is 36.8 Å². The summed E-state index contributed by atoms with van der Waals surface area (Å²) in [6.07, 6.45) is -1.08. The largest absolute Gasteiger partial charge is 0.467 e. The van der Waals surface area contributed by atoms with E-state index in [2.05, 4.69) is 44.3 Å². The van der Waals surface area contributed by atoms with Crippen LogP contribution in [0, 0.1) is 0 Å². The molecule has 2 aromatic heterocycles. The summed E-state index contributed by atoms with van der Waals surface area (Å²) in [5, 5.41) is 6.40. The van der Waals surface area contributed by atoms with Crippen molar-refractivity contribution in [2.45, 2.75) is 32.1 Å². The lowest BCUT2D eigenvalue weighted by molar-refractivity contribution is -0.137. The molecular weight excluding hydrogens is 437 g/mol. The Morgan fingerprint density at radius 2 is 1.91 bits per heavy atom. The van der Waals surface area contributed by atoms with Crippen LogP contribution in [0.2, 0.25) is 0 Å². The van der Waals surface area contributed by atoms with E-state index in [1.807, 2.05) is 0 Å². The van der Waals surface area contributed by atoms with Crippen molar-refractivity contribution in [3.05, 3.63) is 47.9 Å². The fourth-order valence-corrected chi connectivity index (χ4v) is 4.10. The summed E-state index contributed by atoms with van der Waals surface area (Å²) in [6, 6.07) is 4.68. The third-order valence-corrected chi connectivity index (χ3v) is 5.41. The van der Waals surface area contributed by atoms with Crippen molar-refractivity contribution in [1.29, 1.82) is 0 Å². The first kappa shape index (κ1) is 22.7. The third kappa shape index (κ3) is 4.68. The molecule has 11 heteroatoms. The first-order valence-corrected chi connectivity index (χ1v) is 10.3. The van der Waals surface area contributed by atoms with Crippen LogP contribution >= 0.6 is 0 Å². The van der Waals surface area contributed by atoms with Crippen molar-refractivity contribution >= 4 is 28.2 Å². The van der Waals surface area contributed by atoms with Gasteiger partial charge in [0.15, 0.2) is 0 Å². The van der Waals surface area contributed by atoms with E-state index in [1.165, 1.54) is 7.11 Å². The number of nitrogens with zero attached hydrogens (tertiary/aromatic N) is 4. The van der Waals surface area contributed by atoms with Crippen LogP contribution < -0.4 is 20.3 Å². The number of methoxy groups -OCH3 is 1. The number of carbonyl (C=O) groups excluding carboxylic acids is 1. The molecule has 33 heavy (non-hydrogen) atoms. The topological polar surface area (TPSA) is 92.3 Å². The van der Waals surface area contributed by atoms with Crippen molar-refractivity contribution in [3.63, 3.8) is 0 Å². The Labute approximate surface area is 188 Å². The van der Waals surface area contributed by atoms with Crippen LogP contribution in [0.1, 0.15) is 29.8 Å². The monoisotopic (exact) mass is 460 g/mol. The van der Waals surface area contributed by atoms with Gasteiger partial charge in [0.05, 0.1) is 35.6 Å². The van der Waals surface area contributed by atoms with Crippen LogP contribution in [0.3, 0.4) is 0 Å². The predicted molar refractivity (Wildman–Crippen MR) is 118 cm³/mol. The fraction of sp³-hybridized carbons (Fsp3) is 0.364. The minimum atomic E-state index is -4.64. The number of amides is 1. The molecule has 3 aromatic rings. The molecule has 0 bridgehead atoms. The Hall–Kier alpha value is -3.47. The zero-order valence-corrected chi connectivity index (χ0v) is 18.3. The number of halogens is 3. The molecule has 3 heterocycles. The summed E-state index contributed by atoms with van der Waals surface area (Å²) in [5.74, 6) is -0.743. The van der Waals surface area contributed by atoms with Crippen LogP contribution in [0.5, 0.6) is 6.01 Å². The molecule has 1 amide bonds. The fourth-order valence-electron chi connectivity index (χ4n) is 4.10. The SMILES string of the molecule is COc1ncc2c(N3C[C@@H](C)N[C@H](C)C3)ccc(C(=O)Nc3cnccc3C(F)(F)F)c2n1. The second-order valence-electron chi connectivity index (χ2n) is 8.00. The molecule has 0 aliphatic carbocycles. The summed E-state index contributed by atoms with van der Waals surface area (Å²) in [4.78, 5) is 27.5. The van der Waals surface area contributed by atoms with Gasteiger partial charge in [-0.25, -0.2) is 4.98 Å². The normalized spacial score (nSPS) is 18.9. The van der Waals surface area contributed by atoms with E-state index in [0.29, 0.717) is 5.39 Å². The van der Waals surface area contributed by atoms with E-state index in [9.17, 15) is 18.0 Å². The minimum absolute atomic E-state index is 0.0492. The van der Waals surface area contributed by atoms with Gasteiger partial charge in [0.25, 0.3) is 5.91 Å². The summed E-state index contributed by atoms with van der Waals surface area (Å²) in [5.41, 5.74) is -0.196. The highest BCUT2D eigenvalue weighted by atomic mass is 19.4. The van der Waals surface area contributed by atoms with E-state index in [4.69, 9.17) is 4.74 Å². The summed E-state index contributed by atoms with van der Waals surface area (Å²) < 4.78 is 45.2. The Morgan fingerprint density at radius 3 is 2.58 bits per heavy atom. The standard InChI is InChI=1S/C22H23F3N6O2/c1-12-10-31(11-13(2)28-12)18-5-4-14(19-15(18)8-27-21(30-19)33-3)20(32)29-17-9-26-7-6-16(17)22(23,24)25/h4-9,12-13,28H,10-11H2,1-3H3,(H,29,32)/t12-,13-/m1/s1. The number of piperazine rings is 1. The highest BCUT2D eigenvalue weighted by Crippen LogP contribution is 2.35. The molecule has 1 fully saturated rings. The molecule has 2 N–H and O–H groups in total. The number of nitrogens with one attached hydrogen (secondary N) is 2. The smallest absolute Gasteiger partial charge is 0.418 e. The average molecular weight is 460 g/mol. The van der Waals surface area contributed by atoms with Gasteiger partial charge >= 0.3 is 12.2 Å². The molecule has 2 atom stereocenters. The first-order chi connectivity index (χ1) is 15.7. The van der Waals surface area contributed by atoms with Crippen molar-refractivity contribution in [3.8, 4) is 6.01 Å². The average Bonchev–Trinajstić information content (AvgIpc) is 2.76. The molecule has 1 aromatic carbocycles. The number of hydrogen-bond donors (Lipinski definition) is 2. The number of carbonyl (C=O) groups is 1. The molecule has 8 nitrogen and oxygen atoms in total. The first-order valence-electron chi connectivity index (χ1n) is 10.3. The van der Waals surface area contributed by atoms with Gasteiger partial charge < -0.3 is 20.3 Å². The Kier molecular flexibility index (Phi) is 6.07. The molecule has 1 saturated heterocycles. The Morgan fingerprint density at radius 1 is 1.18 bits per heavy atom. The molecule has 174 valence electrons. The lowest BCUT2D eigenvalue weighted by Crippen LogP contribution is -2.54. The molecule has 0 saturated carbocycles. The molecule has 1 aliphatic rings. The summed E-state index contributed by atoms with van der Waals surface area (Å²) in [6.45, 7) is 5.64. The zero-order valence-electron chi connectivity index (χ0n) is 18.3. The predicted octanol–water partition coefficient (Wildman–Crippen LogP) is 3.49. The Balaban J connectivity index is 1.77. The summed E-state index contributed by atoms with van der Waals surface area (Å²) in [7, 11) is 1.40. The van der Waals surface area contributed by atoms with E-state index in [0.717, 1.165) is 37.2 Å². The van der Waals surface area contributed by atoms with E-state index in [-0.39, 0.29) is 29.2 Å². The molecule has 1 aliphatic heterocycles. The number of fused-ring (bicyclic) bond motifs is 1. The van der Waals surface area contributed by atoms with Gasteiger partial charge in [0.1, 0.15) is 0 Å². The molecular formula is C22H23F3N6O2. The van der Waals surface area contributed by atoms with Crippen molar-refractivity contribution in [2.24, 2.45) is 0 Å². The molecule has 0 radical (unpaired) electrons. The van der Waals surface area contributed by atoms with Gasteiger partial charge in [-0.15, -0.1) is 0 Å². The second kappa shape index (κ2) is 8.81. The van der Waals surface area contributed by atoms with Gasteiger partial charge in [-0.3, -0.25) is 9.78 Å². The maximum absolute atomic E-state index is 13.3. The number of rotatable bonds is 4. The van der Waals surface area contributed by atoms with Gasteiger partial charge in [0.2, 0.25) is 0 Å². The highest BCUT2D eigenvalue weighted by molar-refractivity contribution is 6.14. The highest BCUT2D eigenvalue weighted by Gasteiger charge is 2.34. The van der Waals surface area contributed by atoms with Crippen LogP contribution in [-0.2, 0) is 6.18 Å². The van der Waals surface area contributed by atoms with E-state index in [1.54, 1.807) is 18.3 Å². The molecule has 0 unspecified atom stereocenters. The van der Waals surface area contributed by atoms with Gasteiger partial charge in [0, 0.05) is 48.6 Å². The van der Waals surface area contributed by atoms with Crippen LogP contribution in [0.4, 0.5) is 24.5 Å². The number of ether oxygens (including phenoxy) is 1. The maximum atomic E-state index is 13.3. The van der Waals surface area contributed by atoms with Gasteiger partial charge in [-0.2, -0.15) is 18.2 Å². The molecule has 4 rings (SSSR count). The maximum Gasteiger partial charge on any atom is 0.418 e. The zero-order chi connectivity index (χ0) is 23.8. The van der Waals surface area contributed by atoms with Gasteiger partial charge in [-0.05, 0) is 32.0 Å².